The minimum absolute atomic E-state index is 0.0251. The van der Waals surface area contributed by atoms with E-state index in [9.17, 15) is 14.4 Å². The van der Waals surface area contributed by atoms with E-state index in [0.29, 0.717) is 16.3 Å². The van der Waals surface area contributed by atoms with Crippen molar-refractivity contribution in [1.29, 1.82) is 0 Å². The lowest BCUT2D eigenvalue weighted by atomic mass is 9.84. The highest BCUT2D eigenvalue weighted by Crippen LogP contribution is 2.32. The number of imide groups is 1. The Morgan fingerprint density at radius 2 is 1.63 bits per heavy atom. The van der Waals surface area contributed by atoms with E-state index in [1.54, 1.807) is 31.2 Å². The van der Waals surface area contributed by atoms with E-state index in [1.807, 2.05) is 24.3 Å². The predicted molar refractivity (Wildman–Crippen MR) is 117 cm³/mol. The highest BCUT2D eigenvalue weighted by Gasteiger charge is 2.51. The first-order valence-electron chi connectivity index (χ1n) is 9.77. The van der Waals surface area contributed by atoms with Gasteiger partial charge in [-0.3, -0.25) is 9.59 Å². The molecule has 0 aromatic heterocycles. The highest BCUT2D eigenvalue weighted by atomic mass is 35.5. The molecule has 30 heavy (non-hydrogen) atoms. The molecule has 3 rings (SSSR count). The Morgan fingerprint density at radius 3 is 2.17 bits per heavy atom. The number of amides is 4. The van der Waals surface area contributed by atoms with Crippen LogP contribution in [0.5, 0.6) is 0 Å². The average Bonchev–Trinajstić information content (AvgIpc) is 2.92. The lowest BCUT2D eigenvalue weighted by Crippen LogP contribution is -2.47. The van der Waals surface area contributed by atoms with Crippen LogP contribution in [0.15, 0.2) is 48.5 Å². The summed E-state index contributed by atoms with van der Waals surface area (Å²) >= 11 is 5.86. The summed E-state index contributed by atoms with van der Waals surface area (Å²) in [4.78, 5) is 39.5. The molecule has 0 spiro atoms. The van der Waals surface area contributed by atoms with E-state index in [0.717, 1.165) is 10.5 Å². The number of hydrogen-bond acceptors (Lipinski definition) is 3. The third-order valence-electron chi connectivity index (χ3n) is 5.43. The monoisotopic (exact) mass is 427 g/mol. The minimum Gasteiger partial charge on any atom is -0.324 e. The summed E-state index contributed by atoms with van der Waals surface area (Å²) in [6, 6.07) is 12.6. The molecule has 1 aliphatic heterocycles. The zero-order valence-electron chi connectivity index (χ0n) is 17.7. The minimum atomic E-state index is -1.23. The standard InChI is InChI=1S/C23H26ClN3O3/c1-14(19(28)25-18-12-10-17(24)11-13-18)27-20(29)23(5,26-21(27)30)16-8-6-15(7-9-16)22(2,3)4/h6-14H,1-5H3,(H,25,28)(H,26,30). The summed E-state index contributed by atoms with van der Waals surface area (Å²) < 4.78 is 0. The van der Waals surface area contributed by atoms with Crippen LogP contribution in [0.2, 0.25) is 5.02 Å². The first-order chi connectivity index (χ1) is 13.9. The molecule has 0 bridgehead atoms. The first-order valence-corrected chi connectivity index (χ1v) is 10.1. The van der Waals surface area contributed by atoms with E-state index in [2.05, 4.69) is 31.4 Å². The van der Waals surface area contributed by atoms with Gasteiger partial charge in [0.05, 0.1) is 0 Å². The zero-order valence-corrected chi connectivity index (χ0v) is 18.5. The van der Waals surface area contributed by atoms with Crippen LogP contribution in [0, 0.1) is 0 Å². The van der Waals surface area contributed by atoms with Crippen molar-refractivity contribution in [2.45, 2.75) is 51.6 Å². The van der Waals surface area contributed by atoms with Crippen molar-refractivity contribution in [2.75, 3.05) is 5.32 Å². The van der Waals surface area contributed by atoms with Crippen molar-refractivity contribution in [3.05, 3.63) is 64.7 Å². The van der Waals surface area contributed by atoms with Crippen LogP contribution in [0.4, 0.5) is 10.5 Å². The Balaban J connectivity index is 1.80. The summed E-state index contributed by atoms with van der Waals surface area (Å²) in [5.41, 5.74) is 1.06. The fraction of sp³-hybridized carbons (Fsp3) is 0.348. The topological polar surface area (TPSA) is 78.5 Å². The summed E-state index contributed by atoms with van der Waals surface area (Å²) in [6.45, 7) is 9.50. The maximum absolute atomic E-state index is 13.2. The van der Waals surface area contributed by atoms with Gasteiger partial charge >= 0.3 is 6.03 Å². The second kappa shape index (κ2) is 7.76. The molecule has 2 aromatic carbocycles. The third-order valence-corrected chi connectivity index (χ3v) is 5.68. The normalized spacial score (nSPS) is 20.1. The summed E-state index contributed by atoms with van der Waals surface area (Å²) in [6.07, 6.45) is 0. The smallest absolute Gasteiger partial charge is 0.324 e. The SMILES string of the molecule is CC(C(=O)Nc1ccc(Cl)cc1)N1C(=O)NC(C)(c2ccc(C(C)(C)C)cc2)C1=O. The largest absolute Gasteiger partial charge is 0.326 e. The second-order valence-corrected chi connectivity index (χ2v) is 9.17. The molecular weight excluding hydrogens is 402 g/mol. The van der Waals surface area contributed by atoms with Gasteiger partial charge in [-0.25, -0.2) is 9.69 Å². The van der Waals surface area contributed by atoms with E-state index >= 15 is 0 Å². The Bertz CT molecular complexity index is 980. The molecule has 158 valence electrons. The molecule has 4 amide bonds. The van der Waals surface area contributed by atoms with Crippen LogP contribution in [-0.4, -0.2) is 28.8 Å². The van der Waals surface area contributed by atoms with Crippen LogP contribution in [0.25, 0.3) is 0 Å². The second-order valence-electron chi connectivity index (χ2n) is 8.73. The van der Waals surface area contributed by atoms with Gasteiger partial charge in [-0.2, -0.15) is 0 Å². The van der Waals surface area contributed by atoms with Gasteiger partial charge in [0.2, 0.25) is 5.91 Å². The quantitative estimate of drug-likeness (QED) is 0.708. The van der Waals surface area contributed by atoms with Crippen LogP contribution in [0.1, 0.15) is 45.7 Å². The average molecular weight is 428 g/mol. The van der Waals surface area contributed by atoms with Crippen molar-refractivity contribution in [3.8, 4) is 0 Å². The van der Waals surface area contributed by atoms with Crippen LogP contribution < -0.4 is 10.6 Å². The molecule has 2 N–H and O–H groups in total. The molecule has 6 nitrogen and oxygen atoms in total. The van der Waals surface area contributed by atoms with Gasteiger partial charge in [0.25, 0.3) is 5.91 Å². The molecular formula is C23H26ClN3O3. The summed E-state index contributed by atoms with van der Waals surface area (Å²) in [7, 11) is 0. The number of carbonyl (C=O) groups excluding carboxylic acids is 3. The number of anilines is 1. The van der Waals surface area contributed by atoms with E-state index in [-0.39, 0.29) is 5.41 Å². The molecule has 2 aromatic rings. The lowest BCUT2D eigenvalue weighted by molar-refractivity contribution is -0.136. The fourth-order valence-electron chi connectivity index (χ4n) is 3.41. The van der Waals surface area contributed by atoms with Crippen LogP contribution in [-0.2, 0) is 20.5 Å². The van der Waals surface area contributed by atoms with Crippen LogP contribution in [0.3, 0.4) is 0 Å². The number of nitrogens with zero attached hydrogens (tertiary/aromatic N) is 1. The van der Waals surface area contributed by atoms with Gasteiger partial charge in [-0.05, 0) is 54.7 Å². The first kappa shape index (κ1) is 21.8. The highest BCUT2D eigenvalue weighted by molar-refractivity contribution is 6.30. The molecule has 0 aliphatic carbocycles. The summed E-state index contributed by atoms with van der Waals surface area (Å²) in [5.74, 6) is -0.928. The number of hydrogen-bond donors (Lipinski definition) is 2. The van der Waals surface area contributed by atoms with Crippen molar-refractivity contribution < 1.29 is 14.4 Å². The summed E-state index contributed by atoms with van der Waals surface area (Å²) in [5, 5.41) is 6.00. The Kier molecular flexibility index (Phi) is 5.65. The van der Waals surface area contributed by atoms with Crippen LogP contribution >= 0.6 is 11.6 Å². The molecule has 2 atom stereocenters. The Morgan fingerprint density at radius 1 is 1.07 bits per heavy atom. The number of nitrogens with one attached hydrogen (secondary N) is 2. The molecule has 1 fully saturated rings. The lowest BCUT2D eigenvalue weighted by Gasteiger charge is -2.26. The number of halogens is 1. The Labute approximate surface area is 181 Å². The van der Waals surface area contributed by atoms with Crippen molar-refractivity contribution in [1.82, 2.24) is 10.2 Å². The van der Waals surface area contributed by atoms with Gasteiger partial charge in [-0.1, -0.05) is 56.6 Å². The van der Waals surface area contributed by atoms with E-state index < -0.39 is 29.4 Å². The molecule has 0 radical (unpaired) electrons. The molecule has 0 saturated carbocycles. The molecule has 7 heteroatoms. The molecule has 1 aliphatic rings. The number of carbonyl (C=O) groups is 3. The van der Waals surface area contributed by atoms with Gasteiger partial charge < -0.3 is 10.6 Å². The van der Waals surface area contributed by atoms with Crippen molar-refractivity contribution >= 4 is 35.1 Å². The maximum atomic E-state index is 13.2. The number of urea groups is 1. The molecule has 1 heterocycles. The van der Waals surface area contributed by atoms with Crippen molar-refractivity contribution in [3.63, 3.8) is 0 Å². The molecule has 2 unspecified atom stereocenters. The van der Waals surface area contributed by atoms with E-state index in [4.69, 9.17) is 11.6 Å². The van der Waals surface area contributed by atoms with Gasteiger partial charge in [0, 0.05) is 10.7 Å². The maximum Gasteiger partial charge on any atom is 0.326 e. The predicted octanol–water partition coefficient (Wildman–Crippen LogP) is 4.43. The zero-order chi connectivity index (χ0) is 22.3. The molecule has 1 saturated heterocycles. The third kappa shape index (κ3) is 4.05. The Hall–Kier alpha value is -2.86. The van der Waals surface area contributed by atoms with Crippen molar-refractivity contribution in [2.24, 2.45) is 0 Å². The van der Waals surface area contributed by atoms with Gasteiger partial charge in [-0.15, -0.1) is 0 Å². The van der Waals surface area contributed by atoms with E-state index in [1.165, 1.54) is 6.92 Å². The van der Waals surface area contributed by atoms with Gasteiger partial charge in [0.1, 0.15) is 11.6 Å². The number of rotatable bonds is 4. The number of benzene rings is 2. The fourth-order valence-corrected chi connectivity index (χ4v) is 3.53. The van der Waals surface area contributed by atoms with Gasteiger partial charge in [0.15, 0.2) is 0 Å².